The van der Waals surface area contributed by atoms with E-state index in [9.17, 15) is 19.7 Å². The summed E-state index contributed by atoms with van der Waals surface area (Å²) in [7, 11) is 3.92. The molecule has 1 heterocycles. The molecule has 0 amide bonds. The summed E-state index contributed by atoms with van der Waals surface area (Å²) in [6.45, 7) is 1.52. The molecule has 0 spiro atoms. The number of cyclic esters (lactones) is 1. The van der Waals surface area contributed by atoms with E-state index in [1.54, 1.807) is 0 Å². The normalized spacial score (nSPS) is 26.8. The maximum atomic E-state index is 12.2. The van der Waals surface area contributed by atoms with Crippen molar-refractivity contribution >= 4 is 17.6 Å². The summed E-state index contributed by atoms with van der Waals surface area (Å²) in [5.74, 6) is -5.04. The molecule has 0 aromatic heterocycles. The van der Waals surface area contributed by atoms with Crippen molar-refractivity contribution in [3.05, 3.63) is 39.9 Å². The molecule has 1 aromatic carbocycles. The molecule has 0 aliphatic carbocycles. The molecule has 9 heteroatoms. The van der Waals surface area contributed by atoms with Gasteiger partial charge < -0.3 is 18.9 Å². The number of non-ortho nitro benzene ring substituents is 1. The quantitative estimate of drug-likeness (QED) is 0.328. The first-order chi connectivity index (χ1) is 11.8. The average Bonchev–Trinajstić information content (AvgIpc) is 2.87. The number of hydrogen-bond acceptors (Lipinski definition) is 8. The summed E-state index contributed by atoms with van der Waals surface area (Å²) in [5.41, 5.74) is 0.449. The lowest BCUT2D eigenvalue weighted by Crippen LogP contribution is -2.42. The third kappa shape index (κ3) is 3.33. The number of esters is 2. The van der Waals surface area contributed by atoms with Crippen molar-refractivity contribution in [3.8, 4) is 0 Å². The minimum atomic E-state index is -1.42. The Morgan fingerprint density at radius 3 is 2.32 bits per heavy atom. The van der Waals surface area contributed by atoms with Crippen LogP contribution in [0.25, 0.3) is 0 Å². The summed E-state index contributed by atoms with van der Waals surface area (Å²) in [6.07, 6.45) is -0.790. The number of ether oxygens (including phenoxy) is 4. The number of benzene rings is 1. The van der Waals surface area contributed by atoms with Gasteiger partial charge in [0, 0.05) is 33.3 Å². The summed E-state index contributed by atoms with van der Waals surface area (Å²) in [5, 5.41) is 10.8. The minimum absolute atomic E-state index is 0.0867. The van der Waals surface area contributed by atoms with Crippen LogP contribution < -0.4 is 0 Å². The Morgan fingerprint density at radius 1 is 1.28 bits per heavy atom. The maximum Gasteiger partial charge on any atom is 0.323 e. The highest BCUT2D eigenvalue weighted by Crippen LogP contribution is 2.47. The standard InChI is InChI=1S/C16H19NO8/c1-16(24-4)12(11(14(18)23-3)15(19)25-16)13(22-2)9-5-7-10(8-6-9)17(20)21/h5-8,11-13H,1-4H3/t11-,12-,13?,16-/m0/s1. The molecule has 1 aromatic rings. The zero-order valence-electron chi connectivity index (χ0n) is 14.3. The van der Waals surface area contributed by atoms with E-state index < -0.39 is 40.6 Å². The largest absolute Gasteiger partial charge is 0.468 e. The molecule has 0 bridgehead atoms. The van der Waals surface area contributed by atoms with Crippen LogP contribution in [-0.2, 0) is 28.5 Å². The van der Waals surface area contributed by atoms with Crippen molar-refractivity contribution in [3.63, 3.8) is 0 Å². The van der Waals surface area contributed by atoms with E-state index in [1.165, 1.54) is 52.5 Å². The SMILES string of the molecule is COC(=O)[C@H]1C(=O)O[C@](C)(OC)[C@@H]1C(OC)c1ccc([N+](=O)[O-])cc1. The number of methoxy groups -OCH3 is 3. The van der Waals surface area contributed by atoms with Crippen LogP contribution >= 0.6 is 0 Å². The summed E-state index contributed by atoms with van der Waals surface area (Å²) in [4.78, 5) is 34.6. The van der Waals surface area contributed by atoms with Crippen LogP contribution in [0.15, 0.2) is 24.3 Å². The van der Waals surface area contributed by atoms with Gasteiger partial charge in [-0.2, -0.15) is 0 Å². The molecule has 2 rings (SSSR count). The Labute approximate surface area is 144 Å². The molecule has 9 nitrogen and oxygen atoms in total. The number of rotatable bonds is 6. The number of carbonyl (C=O) groups is 2. The first kappa shape index (κ1) is 18.8. The van der Waals surface area contributed by atoms with E-state index in [0.717, 1.165) is 0 Å². The van der Waals surface area contributed by atoms with Gasteiger partial charge in [0.15, 0.2) is 5.92 Å². The van der Waals surface area contributed by atoms with Gasteiger partial charge in [0.25, 0.3) is 5.69 Å². The van der Waals surface area contributed by atoms with Gasteiger partial charge in [0.2, 0.25) is 5.79 Å². The molecule has 4 atom stereocenters. The van der Waals surface area contributed by atoms with E-state index >= 15 is 0 Å². The Hall–Kier alpha value is -2.52. The third-order valence-corrected chi connectivity index (χ3v) is 4.39. The van der Waals surface area contributed by atoms with Crippen LogP contribution in [-0.4, -0.2) is 44.0 Å². The summed E-state index contributed by atoms with van der Waals surface area (Å²) < 4.78 is 20.8. The molecule has 136 valence electrons. The molecule has 0 saturated carbocycles. The third-order valence-electron chi connectivity index (χ3n) is 4.39. The van der Waals surface area contributed by atoms with Crippen LogP contribution in [0, 0.1) is 22.0 Å². The fraction of sp³-hybridized carbons (Fsp3) is 0.500. The van der Waals surface area contributed by atoms with Gasteiger partial charge in [-0.15, -0.1) is 0 Å². The molecular formula is C16H19NO8. The summed E-state index contributed by atoms with van der Waals surface area (Å²) in [6, 6.07) is 5.63. The van der Waals surface area contributed by atoms with E-state index in [2.05, 4.69) is 0 Å². The second kappa shape index (κ2) is 7.16. The fourth-order valence-corrected chi connectivity index (χ4v) is 3.05. The van der Waals surface area contributed by atoms with E-state index in [-0.39, 0.29) is 5.69 Å². The highest BCUT2D eigenvalue weighted by atomic mass is 16.7. The van der Waals surface area contributed by atoms with Crippen molar-refractivity contribution in [1.82, 2.24) is 0 Å². The van der Waals surface area contributed by atoms with Crippen molar-refractivity contribution in [2.45, 2.75) is 18.8 Å². The first-order valence-corrected chi connectivity index (χ1v) is 7.42. The van der Waals surface area contributed by atoms with Crippen LogP contribution in [0.1, 0.15) is 18.6 Å². The zero-order chi connectivity index (χ0) is 18.8. The summed E-state index contributed by atoms with van der Waals surface area (Å²) >= 11 is 0. The molecule has 0 radical (unpaired) electrons. The highest BCUT2D eigenvalue weighted by molar-refractivity contribution is 5.97. The molecule has 1 aliphatic rings. The monoisotopic (exact) mass is 353 g/mol. The van der Waals surface area contributed by atoms with Gasteiger partial charge in [0.1, 0.15) is 0 Å². The van der Waals surface area contributed by atoms with Gasteiger partial charge in [-0.05, 0) is 17.7 Å². The number of nitro groups is 1. The Bertz CT molecular complexity index is 673. The Kier molecular flexibility index (Phi) is 5.39. The number of nitro benzene ring substituents is 1. The second-order valence-electron chi connectivity index (χ2n) is 5.67. The van der Waals surface area contributed by atoms with Crippen molar-refractivity contribution in [2.24, 2.45) is 11.8 Å². The predicted octanol–water partition coefficient (Wildman–Crippen LogP) is 1.61. The average molecular weight is 353 g/mol. The maximum absolute atomic E-state index is 12.2. The Morgan fingerprint density at radius 2 is 1.88 bits per heavy atom. The van der Waals surface area contributed by atoms with Gasteiger partial charge in [-0.1, -0.05) is 0 Å². The number of nitrogens with zero attached hydrogens (tertiary/aromatic N) is 1. The lowest BCUT2D eigenvalue weighted by Gasteiger charge is -2.34. The van der Waals surface area contributed by atoms with E-state index in [0.29, 0.717) is 5.56 Å². The molecule has 1 fully saturated rings. The first-order valence-electron chi connectivity index (χ1n) is 7.42. The topological polar surface area (TPSA) is 114 Å². The van der Waals surface area contributed by atoms with Gasteiger partial charge in [-0.25, -0.2) is 0 Å². The van der Waals surface area contributed by atoms with Crippen molar-refractivity contribution < 1.29 is 33.5 Å². The lowest BCUT2D eigenvalue weighted by molar-refractivity contribution is -0.384. The van der Waals surface area contributed by atoms with Crippen molar-refractivity contribution in [2.75, 3.05) is 21.3 Å². The lowest BCUT2D eigenvalue weighted by atomic mass is 9.81. The van der Waals surface area contributed by atoms with E-state index in [4.69, 9.17) is 18.9 Å². The molecular weight excluding hydrogens is 334 g/mol. The van der Waals surface area contributed by atoms with E-state index in [1.807, 2.05) is 0 Å². The van der Waals surface area contributed by atoms with Gasteiger partial charge in [0.05, 0.1) is 24.1 Å². The molecule has 0 N–H and O–H groups in total. The number of carbonyl (C=O) groups excluding carboxylic acids is 2. The fourth-order valence-electron chi connectivity index (χ4n) is 3.05. The molecule has 25 heavy (non-hydrogen) atoms. The van der Waals surface area contributed by atoms with Gasteiger partial charge >= 0.3 is 11.9 Å². The van der Waals surface area contributed by atoms with Crippen LogP contribution in [0.4, 0.5) is 5.69 Å². The zero-order valence-corrected chi connectivity index (χ0v) is 14.3. The highest BCUT2D eigenvalue weighted by Gasteiger charge is 2.60. The van der Waals surface area contributed by atoms with Crippen LogP contribution in [0.5, 0.6) is 0 Å². The number of hydrogen-bond donors (Lipinski definition) is 0. The molecule has 1 saturated heterocycles. The van der Waals surface area contributed by atoms with Crippen LogP contribution in [0.2, 0.25) is 0 Å². The predicted molar refractivity (Wildman–Crippen MR) is 83.3 cm³/mol. The Balaban J connectivity index is 2.48. The van der Waals surface area contributed by atoms with Crippen LogP contribution in [0.3, 0.4) is 0 Å². The van der Waals surface area contributed by atoms with Gasteiger partial charge in [-0.3, -0.25) is 19.7 Å². The van der Waals surface area contributed by atoms with Crippen molar-refractivity contribution in [1.29, 1.82) is 0 Å². The molecule has 1 aliphatic heterocycles. The minimum Gasteiger partial charge on any atom is -0.468 e. The second-order valence-corrected chi connectivity index (χ2v) is 5.67. The smallest absolute Gasteiger partial charge is 0.323 e. The molecule has 1 unspecified atom stereocenters.